The Morgan fingerprint density at radius 3 is 2.67 bits per heavy atom. The summed E-state index contributed by atoms with van der Waals surface area (Å²) in [4.78, 5) is 33.1. The quantitative estimate of drug-likeness (QED) is 0.430. The number of carbonyl (C=O) groups is 2. The van der Waals surface area contributed by atoms with Crippen molar-refractivity contribution in [2.24, 2.45) is 23.7 Å². The topological polar surface area (TPSA) is 89.2 Å². The molecular weight excluding hydrogens is 554 g/mol. The predicted molar refractivity (Wildman–Crippen MR) is 158 cm³/mol. The van der Waals surface area contributed by atoms with Crippen molar-refractivity contribution < 1.29 is 23.1 Å². The monoisotopic (exact) mass is 604 g/mol. The first kappa shape index (κ1) is 29.9. The largest absolute Gasteiger partial charge is 0.378 e. The Morgan fingerprint density at radius 1 is 1.05 bits per heavy atom. The van der Waals surface area contributed by atoms with Crippen molar-refractivity contribution in [1.82, 2.24) is 30.7 Å². The second-order valence-corrected chi connectivity index (χ2v) is 14.5. The fourth-order valence-corrected chi connectivity index (χ4v) is 9.86. The molecule has 5 heterocycles. The summed E-state index contributed by atoms with van der Waals surface area (Å²) >= 11 is 0. The van der Waals surface area contributed by atoms with Crippen LogP contribution < -0.4 is 16.0 Å². The highest BCUT2D eigenvalue weighted by Gasteiger charge is 2.60. The Hall–Kier alpha value is -1.82. The van der Waals surface area contributed by atoms with E-state index in [2.05, 4.69) is 41.3 Å². The maximum atomic E-state index is 16.5. The van der Waals surface area contributed by atoms with Crippen LogP contribution in [0.4, 0.5) is 13.6 Å². The van der Waals surface area contributed by atoms with Gasteiger partial charge in [0, 0.05) is 55.7 Å². The van der Waals surface area contributed by atoms with Gasteiger partial charge in [0.15, 0.2) is 0 Å². The zero-order valence-corrected chi connectivity index (χ0v) is 25.7. The number of hydrogen-bond donors (Lipinski definition) is 3. The van der Waals surface area contributed by atoms with Crippen molar-refractivity contribution in [2.75, 3.05) is 26.2 Å². The van der Waals surface area contributed by atoms with Gasteiger partial charge in [-0.15, -0.1) is 0 Å². The summed E-state index contributed by atoms with van der Waals surface area (Å²) in [5.41, 5.74) is 0. The van der Waals surface area contributed by atoms with Crippen LogP contribution in [0, 0.1) is 23.7 Å². The second-order valence-electron chi connectivity index (χ2n) is 14.5. The van der Waals surface area contributed by atoms with Gasteiger partial charge < -0.3 is 25.2 Å². The number of carbonyl (C=O) groups excluding carboxylic acids is 2. The fraction of sp³-hybridized carbons (Fsp3) is 0.875. The minimum Gasteiger partial charge on any atom is -0.378 e. The third kappa shape index (κ3) is 5.20. The molecule has 5 saturated heterocycles. The summed E-state index contributed by atoms with van der Waals surface area (Å²) in [6.45, 7) is 10.7. The number of rotatable bonds is 3. The van der Waals surface area contributed by atoms with Crippen molar-refractivity contribution in [3.63, 3.8) is 0 Å². The number of amides is 3. The maximum absolute atomic E-state index is 16.5. The van der Waals surface area contributed by atoms with Crippen molar-refractivity contribution >= 4 is 11.9 Å². The molecule has 3 N–H and O–H groups in total. The molecule has 43 heavy (non-hydrogen) atoms. The number of hydrogen-bond acceptors (Lipinski definition) is 6. The molecule has 7 fully saturated rings. The van der Waals surface area contributed by atoms with Gasteiger partial charge in [-0.05, 0) is 75.8 Å². The number of alkyl halides is 2. The minimum absolute atomic E-state index is 0.0584. The summed E-state index contributed by atoms with van der Waals surface area (Å²) in [6.07, 6.45) is 3.69. The van der Waals surface area contributed by atoms with Crippen LogP contribution >= 0.6 is 0 Å². The summed E-state index contributed by atoms with van der Waals surface area (Å²) in [5.74, 6) is -0.254. The van der Waals surface area contributed by atoms with Crippen LogP contribution in [0.5, 0.6) is 0 Å². The molecule has 0 radical (unpaired) electrons. The number of halogens is 2. The zero-order chi connectivity index (χ0) is 30.0. The first-order valence-electron chi connectivity index (χ1n) is 16.9. The van der Waals surface area contributed by atoms with E-state index in [9.17, 15) is 9.59 Å². The van der Waals surface area contributed by atoms with Gasteiger partial charge in [-0.2, -0.15) is 0 Å². The Morgan fingerprint density at radius 2 is 1.88 bits per heavy atom. The molecule has 7 rings (SSSR count). The first-order valence-corrected chi connectivity index (χ1v) is 16.9. The molecule has 0 spiro atoms. The number of fused-ring (bicyclic) bond motifs is 6. The van der Waals surface area contributed by atoms with Crippen LogP contribution in [0.1, 0.15) is 65.2 Å². The lowest BCUT2D eigenvalue weighted by molar-refractivity contribution is -0.131. The van der Waals surface area contributed by atoms with Crippen molar-refractivity contribution in [3.8, 4) is 0 Å². The highest BCUT2D eigenvalue weighted by Crippen LogP contribution is 2.46. The SMILES string of the molecule is C=CC(=O)N1CCN(C2NC(=O)N3C4NC(C(F)CC42)C2C(F)CCCC2OCCCC2CCNC(C(C)C)C23)[C@@H]2C[C@@H]21. The summed E-state index contributed by atoms with van der Waals surface area (Å²) in [5, 5.41) is 10.7. The van der Waals surface area contributed by atoms with Crippen molar-refractivity contribution in [3.05, 3.63) is 12.7 Å². The Bertz CT molecular complexity index is 1080. The summed E-state index contributed by atoms with van der Waals surface area (Å²) in [7, 11) is 0. The van der Waals surface area contributed by atoms with Crippen LogP contribution in [0.15, 0.2) is 12.7 Å². The molecule has 0 aromatic heterocycles. The molecule has 5 aliphatic heterocycles. The fourth-order valence-electron chi connectivity index (χ4n) is 9.86. The summed E-state index contributed by atoms with van der Waals surface area (Å²) in [6, 6.07) is -0.558. The van der Waals surface area contributed by atoms with Gasteiger partial charge in [-0.25, -0.2) is 13.6 Å². The molecule has 240 valence electrons. The minimum atomic E-state index is -1.25. The Balaban J connectivity index is 1.25. The van der Waals surface area contributed by atoms with E-state index < -0.39 is 30.5 Å². The third-order valence-corrected chi connectivity index (χ3v) is 11.9. The van der Waals surface area contributed by atoms with E-state index in [1.165, 1.54) is 6.08 Å². The lowest BCUT2D eigenvalue weighted by Gasteiger charge is -2.59. The van der Waals surface area contributed by atoms with E-state index in [1.54, 1.807) is 0 Å². The lowest BCUT2D eigenvalue weighted by Crippen LogP contribution is -2.79. The van der Waals surface area contributed by atoms with E-state index in [0.29, 0.717) is 38.0 Å². The van der Waals surface area contributed by atoms with Crippen LogP contribution in [-0.2, 0) is 9.53 Å². The molecule has 0 aromatic carbocycles. The molecule has 7 aliphatic rings. The standard InChI is InChI=1S/C32H50F2N6O3/c1-4-25(41)38-12-13-39(23-16-22(23)38)30-19-15-21(34)28-26-20(33)8-5-9-24(26)43-14-6-7-18-10-11-35-27(17(2)3)29(18)40(31(19)36-28)32(42)37-30/h4,17-24,26-31,35-36H,1,5-16H2,2-3H3,(H,37,42)/t18?,19?,20?,21?,22-,23+,24?,26?,27?,28?,29?,30?,31?/m0/s1. The number of piperidine rings is 2. The molecule has 9 nitrogen and oxygen atoms in total. The number of ether oxygens (including phenoxy) is 1. The van der Waals surface area contributed by atoms with Gasteiger partial charge in [0.1, 0.15) is 12.3 Å². The third-order valence-electron chi connectivity index (χ3n) is 11.9. The molecule has 2 saturated carbocycles. The Labute approximate surface area is 254 Å². The lowest BCUT2D eigenvalue weighted by atomic mass is 9.72. The number of urea groups is 1. The normalized spacial score (nSPS) is 46.8. The van der Waals surface area contributed by atoms with E-state index >= 15 is 8.78 Å². The zero-order valence-electron chi connectivity index (χ0n) is 25.7. The molecule has 11 heteroatoms. The van der Waals surface area contributed by atoms with Crippen molar-refractivity contribution in [2.45, 2.75) is 126 Å². The molecular formula is C32H50F2N6O3. The van der Waals surface area contributed by atoms with Gasteiger partial charge in [-0.3, -0.25) is 15.0 Å². The average Bonchev–Trinajstić information content (AvgIpc) is 3.79. The molecule has 2 bridgehead atoms. The van der Waals surface area contributed by atoms with Crippen LogP contribution in [-0.4, -0.2) is 114 Å². The molecule has 11 unspecified atom stereocenters. The van der Waals surface area contributed by atoms with Gasteiger partial charge in [0.25, 0.3) is 0 Å². The van der Waals surface area contributed by atoms with E-state index in [0.717, 1.165) is 45.1 Å². The van der Waals surface area contributed by atoms with E-state index in [4.69, 9.17) is 4.74 Å². The average molecular weight is 605 g/mol. The highest BCUT2D eigenvalue weighted by molar-refractivity contribution is 5.87. The maximum Gasteiger partial charge on any atom is 0.320 e. The molecule has 13 atom stereocenters. The smallest absolute Gasteiger partial charge is 0.320 e. The highest BCUT2D eigenvalue weighted by atomic mass is 19.1. The van der Waals surface area contributed by atoms with E-state index in [1.807, 2.05) is 9.80 Å². The van der Waals surface area contributed by atoms with E-state index in [-0.39, 0.29) is 60.7 Å². The molecule has 0 aromatic rings. The molecule has 3 amide bonds. The second kappa shape index (κ2) is 11.8. The number of nitrogens with one attached hydrogen (secondary N) is 3. The first-order chi connectivity index (χ1) is 20.8. The Kier molecular flexibility index (Phi) is 8.22. The van der Waals surface area contributed by atoms with Gasteiger partial charge in [0.05, 0.1) is 24.5 Å². The van der Waals surface area contributed by atoms with Crippen LogP contribution in [0.2, 0.25) is 0 Å². The number of piperazine rings is 1. The summed E-state index contributed by atoms with van der Waals surface area (Å²) < 4.78 is 38.6. The number of nitrogens with zero attached hydrogens (tertiary/aromatic N) is 3. The van der Waals surface area contributed by atoms with Crippen LogP contribution in [0.3, 0.4) is 0 Å². The van der Waals surface area contributed by atoms with Gasteiger partial charge in [-0.1, -0.05) is 20.4 Å². The van der Waals surface area contributed by atoms with Gasteiger partial charge >= 0.3 is 6.03 Å². The van der Waals surface area contributed by atoms with Crippen molar-refractivity contribution in [1.29, 1.82) is 0 Å². The van der Waals surface area contributed by atoms with Gasteiger partial charge in [0.2, 0.25) is 5.91 Å². The molecule has 2 aliphatic carbocycles. The predicted octanol–water partition coefficient (Wildman–Crippen LogP) is 2.77. The van der Waals surface area contributed by atoms with Crippen LogP contribution in [0.25, 0.3) is 0 Å².